The number of hydrogen-bond donors (Lipinski definition) is 3. The largest absolute Gasteiger partial charge is 0.394 e. The summed E-state index contributed by atoms with van der Waals surface area (Å²) in [5.41, 5.74) is -0.507. The SMILES string of the molecule is CCC1(C(=O)NC2(CO)CC2)CCNC1. The summed E-state index contributed by atoms with van der Waals surface area (Å²) < 4.78 is 0. The zero-order valence-corrected chi connectivity index (χ0v) is 9.31. The van der Waals surface area contributed by atoms with Gasteiger partial charge < -0.3 is 15.7 Å². The van der Waals surface area contributed by atoms with Crippen molar-refractivity contribution in [3.8, 4) is 0 Å². The van der Waals surface area contributed by atoms with Crippen molar-refractivity contribution >= 4 is 5.91 Å². The molecule has 0 aromatic carbocycles. The molecule has 1 saturated heterocycles. The maximum absolute atomic E-state index is 12.2. The summed E-state index contributed by atoms with van der Waals surface area (Å²) >= 11 is 0. The molecule has 1 aliphatic heterocycles. The Morgan fingerprint density at radius 2 is 2.20 bits per heavy atom. The van der Waals surface area contributed by atoms with Gasteiger partial charge in [-0.1, -0.05) is 6.92 Å². The second-order valence-electron chi connectivity index (χ2n) is 4.95. The van der Waals surface area contributed by atoms with Crippen molar-refractivity contribution in [3.05, 3.63) is 0 Å². The summed E-state index contributed by atoms with van der Waals surface area (Å²) in [5.74, 6) is 0.126. The lowest BCUT2D eigenvalue weighted by atomic mass is 9.83. The molecule has 1 heterocycles. The number of rotatable bonds is 4. The maximum atomic E-state index is 12.2. The second kappa shape index (κ2) is 3.76. The van der Waals surface area contributed by atoms with Crippen molar-refractivity contribution in [2.45, 2.75) is 38.1 Å². The molecule has 1 aliphatic carbocycles. The van der Waals surface area contributed by atoms with Crippen molar-refractivity contribution in [2.75, 3.05) is 19.7 Å². The Labute approximate surface area is 90.4 Å². The van der Waals surface area contributed by atoms with E-state index < -0.39 is 0 Å². The van der Waals surface area contributed by atoms with Crippen LogP contribution in [0.1, 0.15) is 32.6 Å². The normalized spacial score (nSPS) is 32.7. The van der Waals surface area contributed by atoms with Crippen LogP contribution in [0.2, 0.25) is 0 Å². The van der Waals surface area contributed by atoms with Gasteiger partial charge in [0.1, 0.15) is 0 Å². The van der Waals surface area contributed by atoms with Gasteiger partial charge >= 0.3 is 0 Å². The predicted octanol–water partition coefficient (Wildman–Crippen LogP) is 0.0172. The molecule has 4 nitrogen and oxygen atoms in total. The van der Waals surface area contributed by atoms with Crippen LogP contribution < -0.4 is 10.6 Å². The lowest BCUT2D eigenvalue weighted by Gasteiger charge is -2.28. The van der Waals surface area contributed by atoms with Gasteiger partial charge in [-0.2, -0.15) is 0 Å². The summed E-state index contributed by atoms with van der Waals surface area (Å²) in [4.78, 5) is 12.2. The summed E-state index contributed by atoms with van der Waals surface area (Å²) in [6, 6.07) is 0. The van der Waals surface area contributed by atoms with Crippen molar-refractivity contribution < 1.29 is 9.90 Å². The van der Waals surface area contributed by atoms with Crippen molar-refractivity contribution in [1.29, 1.82) is 0 Å². The molecule has 0 radical (unpaired) electrons. The number of amides is 1. The third kappa shape index (κ3) is 1.88. The molecule has 15 heavy (non-hydrogen) atoms. The Bertz CT molecular complexity index is 255. The standard InChI is InChI=1S/C11H20N2O2/c1-2-10(5-6-12-7-10)9(15)13-11(8-14)3-4-11/h12,14H,2-8H2,1H3,(H,13,15). The van der Waals surface area contributed by atoms with E-state index in [1.807, 2.05) is 0 Å². The van der Waals surface area contributed by atoms with Crippen molar-refractivity contribution in [1.82, 2.24) is 10.6 Å². The van der Waals surface area contributed by atoms with Gasteiger partial charge in [0.15, 0.2) is 0 Å². The Morgan fingerprint density at radius 1 is 1.47 bits per heavy atom. The van der Waals surface area contributed by atoms with E-state index in [1.54, 1.807) is 0 Å². The molecule has 2 aliphatic rings. The number of aliphatic hydroxyl groups excluding tert-OH is 1. The maximum Gasteiger partial charge on any atom is 0.228 e. The number of nitrogens with one attached hydrogen (secondary N) is 2. The van der Waals surface area contributed by atoms with Crippen molar-refractivity contribution in [2.24, 2.45) is 5.41 Å². The molecule has 2 rings (SSSR count). The van der Waals surface area contributed by atoms with E-state index in [4.69, 9.17) is 0 Å². The van der Waals surface area contributed by atoms with Crippen LogP contribution in [-0.4, -0.2) is 36.2 Å². The Hall–Kier alpha value is -0.610. The summed E-state index contributed by atoms with van der Waals surface area (Å²) in [6.07, 6.45) is 3.62. The number of hydrogen-bond acceptors (Lipinski definition) is 3. The Morgan fingerprint density at radius 3 is 2.60 bits per heavy atom. The highest BCUT2D eigenvalue weighted by atomic mass is 16.3. The molecule has 0 aromatic rings. The summed E-state index contributed by atoms with van der Waals surface area (Å²) in [6.45, 7) is 3.83. The number of carbonyl (C=O) groups is 1. The quantitative estimate of drug-likeness (QED) is 0.615. The van der Waals surface area contributed by atoms with Crippen LogP contribution in [-0.2, 0) is 4.79 Å². The molecule has 0 spiro atoms. The zero-order valence-electron chi connectivity index (χ0n) is 9.31. The molecule has 1 saturated carbocycles. The monoisotopic (exact) mass is 212 g/mol. The Kier molecular flexibility index (Phi) is 2.73. The zero-order chi connectivity index (χ0) is 10.9. The molecule has 0 aromatic heterocycles. The van der Waals surface area contributed by atoms with Crippen LogP contribution in [0.5, 0.6) is 0 Å². The molecular formula is C11H20N2O2. The van der Waals surface area contributed by atoms with Gasteiger partial charge in [0.05, 0.1) is 17.6 Å². The highest BCUT2D eigenvalue weighted by molar-refractivity contribution is 5.84. The van der Waals surface area contributed by atoms with Gasteiger partial charge in [0.25, 0.3) is 0 Å². The van der Waals surface area contributed by atoms with E-state index in [1.165, 1.54) is 0 Å². The van der Waals surface area contributed by atoms with Crippen molar-refractivity contribution in [3.63, 3.8) is 0 Å². The molecule has 86 valence electrons. The van der Waals surface area contributed by atoms with Gasteiger partial charge in [-0.15, -0.1) is 0 Å². The lowest BCUT2D eigenvalue weighted by molar-refractivity contribution is -0.131. The van der Waals surface area contributed by atoms with Gasteiger partial charge in [0.2, 0.25) is 5.91 Å². The first-order chi connectivity index (χ1) is 7.16. The fourth-order valence-electron chi connectivity index (χ4n) is 2.25. The van der Waals surface area contributed by atoms with Crippen LogP contribution in [0.3, 0.4) is 0 Å². The predicted molar refractivity (Wildman–Crippen MR) is 57.4 cm³/mol. The second-order valence-corrected chi connectivity index (χ2v) is 4.95. The van der Waals surface area contributed by atoms with E-state index in [0.717, 1.165) is 38.8 Å². The molecule has 4 heteroatoms. The fraction of sp³-hybridized carbons (Fsp3) is 0.909. The van der Waals surface area contributed by atoms with E-state index >= 15 is 0 Å². The third-order valence-corrected chi connectivity index (χ3v) is 3.94. The Balaban J connectivity index is 2.00. The van der Waals surface area contributed by atoms with Crippen LogP contribution >= 0.6 is 0 Å². The minimum Gasteiger partial charge on any atom is -0.394 e. The number of carbonyl (C=O) groups excluding carboxylic acids is 1. The lowest BCUT2D eigenvalue weighted by Crippen LogP contribution is -2.49. The van der Waals surface area contributed by atoms with Crippen LogP contribution in [0, 0.1) is 5.41 Å². The molecule has 2 fully saturated rings. The van der Waals surface area contributed by atoms with Crippen LogP contribution in [0.25, 0.3) is 0 Å². The highest BCUT2D eigenvalue weighted by Gasteiger charge is 2.48. The minimum absolute atomic E-state index is 0.0754. The minimum atomic E-state index is -0.276. The third-order valence-electron chi connectivity index (χ3n) is 3.94. The van der Waals surface area contributed by atoms with Gasteiger partial charge in [0, 0.05) is 6.54 Å². The fourth-order valence-corrected chi connectivity index (χ4v) is 2.25. The van der Waals surface area contributed by atoms with Gasteiger partial charge in [-0.25, -0.2) is 0 Å². The first-order valence-corrected chi connectivity index (χ1v) is 5.81. The van der Waals surface area contributed by atoms with E-state index in [2.05, 4.69) is 17.6 Å². The van der Waals surface area contributed by atoms with Gasteiger partial charge in [-0.05, 0) is 32.2 Å². The molecule has 0 bridgehead atoms. The first kappa shape index (κ1) is 10.9. The van der Waals surface area contributed by atoms with E-state index in [9.17, 15) is 9.90 Å². The molecule has 1 unspecified atom stereocenters. The van der Waals surface area contributed by atoms with Crippen LogP contribution in [0.4, 0.5) is 0 Å². The summed E-state index contributed by atoms with van der Waals surface area (Å²) in [5, 5.41) is 15.4. The molecule has 1 atom stereocenters. The van der Waals surface area contributed by atoms with E-state index in [-0.39, 0.29) is 23.5 Å². The average molecular weight is 212 g/mol. The molecule has 1 amide bonds. The average Bonchev–Trinajstić information content (AvgIpc) is 2.85. The first-order valence-electron chi connectivity index (χ1n) is 5.81. The summed E-state index contributed by atoms with van der Waals surface area (Å²) in [7, 11) is 0. The van der Waals surface area contributed by atoms with Gasteiger partial charge in [-0.3, -0.25) is 4.79 Å². The topological polar surface area (TPSA) is 61.4 Å². The highest BCUT2D eigenvalue weighted by Crippen LogP contribution is 2.37. The smallest absolute Gasteiger partial charge is 0.228 e. The molecule has 3 N–H and O–H groups in total. The van der Waals surface area contributed by atoms with E-state index in [0.29, 0.717) is 0 Å². The van der Waals surface area contributed by atoms with Crippen LogP contribution in [0.15, 0.2) is 0 Å². The number of aliphatic hydroxyl groups is 1. The molecular weight excluding hydrogens is 192 g/mol.